The van der Waals surface area contributed by atoms with Gasteiger partial charge in [-0.05, 0) is 88.0 Å². The Morgan fingerprint density at radius 3 is 0.550 bits per heavy atom. The van der Waals surface area contributed by atoms with Crippen LogP contribution in [0.3, 0.4) is 0 Å². The highest BCUT2D eigenvalue weighted by Crippen LogP contribution is 2.65. The van der Waals surface area contributed by atoms with Crippen molar-refractivity contribution in [3.63, 3.8) is 0 Å². The molecule has 0 spiro atoms. The number of esters is 3. The van der Waals surface area contributed by atoms with Crippen molar-refractivity contribution in [2.24, 2.45) is 0 Å². The standard InChI is InChI=1S/C72H75F39O9/c1-4-7-10-13-16-19-22-31-115-46-34-40-41-35-47(116-32-23-20-17-14-11-8-5-2)50(119-53(113)26-29-56(75,76)59(81,82)62(87,88)65(93,94)68(99,100)71(106,107)108)38-44(41)45-39-51(120-54(114)27-30-57(77,78)60(83,84)63(89,90)66(95,96)69(101,102)72(109,110)111)48(117-33-24-21-18-15-12-9-6-3)36-42(45)43(40)37-49(46)118-52(112)25-28-55(73,74)58(79,80)61(85,86)64(91,92)67(97,98)70(103,104)105/h34-39H,4-33H2,1-3H3. The number of hydrogen-bond acceptors (Lipinski definition) is 9. The molecule has 0 bridgehead atoms. The first-order chi connectivity index (χ1) is 54.5. The Morgan fingerprint density at radius 1 is 0.217 bits per heavy atom. The summed E-state index contributed by atoms with van der Waals surface area (Å²) in [7, 11) is 0. The third kappa shape index (κ3) is 21.7. The van der Waals surface area contributed by atoms with Gasteiger partial charge in [0.25, 0.3) is 0 Å². The lowest BCUT2D eigenvalue weighted by Crippen LogP contribution is -2.70. The van der Waals surface area contributed by atoms with E-state index < -0.39 is 250 Å². The van der Waals surface area contributed by atoms with E-state index >= 15 is 26.3 Å². The maximum absolute atomic E-state index is 15.2. The lowest BCUT2D eigenvalue weighted by molar-refractivity contribution is -0.440. The smallest absolute Gasteiger partial charge is 0.460 e. The number of hydrogen-bond donors (Lipinski definition) is 0. The van der Waals surface area contributed by atoms with Gasteiger partial charge >= 0.3 is 125 Å². The summed E-state index contributed by atoms with van der Waals surface area (Å²) in [4.78, 5) is 40.9. The van der Waals surface area contributed by atoms with Crippen LogP contribution in [-0.2, 0) is 14.4 Å². The predicted octanol–water partition coefficient (Wildman–Crippen LogP) is 27.8. The summed E-state index contributed by atoms with van der Waals surface area (Å²) in [5, 5.41) is -3.94. The Labute approximate surface area is 655 Å². The lowest BCUT2D eigenvalue weighted by Gasteiger charge is -2.39. The summed E-state index contributed by atoms with van der Waals surface area (Å²) < 4.78 is 585. The summed E-state index contributed by atoms with van der Waals surface area (Å²) in [6.07, 6.45) is -31.1. The lowest BCUT2D eigenvalue weighted by atomic mass is 9.92. The second kappa shape index (κ2) is 38.9. The molecule has 0 saturated carbocycles. The number of rotatable bonds is 51. The molecule has 4 aromatic rings. The van der Waals surface area contributed by atoms with Crippen molar-refractivity contribution >= 4 is 50.2 Å². The first kappa shape index (κ1) is 105. The minimum atomic E-state index is -8.44. The van der Waals surface area contributed by atoms with Gasteiger partial charge in [0.15, 0.2) is 34.5 Å². The van der Waals surface area contributed by atoms with Crippen molar-refractivity contribution in [1.82, 2.24) is 0 Å². The predicted molar refractivity (Wildman–Crippen MR) is 346 cm³/mol. The van der Waals surface area contributed by atoms with Crippen LogP contribution in [0, 0.1) is 0 Å². The maximum atomic E-state index is 15.2. The minimum Gasteiger partial charge on any atom is -0.490 e. The number of fused-ring (bicyclic) bond motifs is 6. The Balaban J connectivity index is 2.21. The van der Waals surface area contributed by atoms with Crippen LogP contribution in [0.4, 0.5) is 171 Å². The molecule has 690 valence electrons. The fourth-order valence-electron chi connectivity index (χ4n) is 11.5. The van der Waals surface area contributed by atoms with Gasteiger partial charge in [-0.25, -0.2) is 0 Å². The molecular weight excluding hydrogens is 1750 g/mol. The van der Waals surface area contributed by atoms with Crippen LogP contribution in [0.1, 0.15) is 194 Å². The number of carbonyl (C=O) groups is 3. The second-order valence-electron chi connectivity index (χ2n) is 27.9. The highest BCUT2D eigenvalue weighted by molar-refractivity contribution is 6.27. The van der Waals surface area contributed by atoms with Crippen molar-refractivity contribution in [3.05, 3.63) is 36.4 Å². The summed E-state index contributed by atoms with van der Waals surface area (Å²) in [6, 6.07) is 3.51. The van der Waals surface area contributed by atoms with Gasteiger partial charge in [-0.2, -0.15) is 171 Å². The summed E-state index contributed by atoms with van der Waals surface area (Å²) in [6.45, 7) is 3.67. The van der Waals surface area contributed by atoms with Crippen molar-refractivity contribution in [2.45, 2.75) is 302 Å². The SMILES string of the molecule is CCCCCCCCCOc1cc2c3cc(OCCCCCCCCC)c(OC(=O)CCC(F)(F)C(F)(F)C(F)(F)C(F)(F)C(F)(F)C(F)(F)F)cc3c3cc(OC(=O)CCC(F)(F)C(F)(F)C(F)(F)C(F)(F)C(F)(F)C(F)(F)F)c(OCCCCCCCCC)cc3c2cc1OC(=O)CCC(F)(F)C(F)(F)C(F)(F)C(F)(F)C(F)(F)C(F)(F)F. The van der Waals surface area contributed by atoms with Crippen molar-refractivity contribution in [2.75, 3.05) is 19.8 Å². The van der Waals surface area contributed by atoms with E-state index in [1.54, 1.807) is 0 Å². The van der Waals surface area contributed by atoms with Gasteiger partial charge in [-0.1, -0.05) is 136 Å². The highest BCUT2D eigenvalue weighted by Gasteiger charge is 2.93. The molecule has 4 aromatic carbocycles. The van der Waals surface area contributed by atoms with Crippen LogP contribution < -0.4 is 28.4 Å². The molecule has 0 radical (unpaired) electrons. The first-order valence-electron chi connectivity index (χ1n) is 36.4. The minimum absolute atomic E-state index is 0.0361. The van der Waals surface area contributed by atoms with Gasteiger partial charge in [0.1, 0.15) is 0 Å². The fraction of sp³-hybridized carbons (Fsp3) is 0.708. The van der Waals surface area contributed by atoms with E-state index in [4.69, 9.17) is 28.4 Å². The van der Waals surface area contributed by atoms with E-state index in [9.17, 15) is 159 Å². The number of benzene rings is 4. The Kier molecular flexibility index (Phi) is 34.0. The average Bonchev–Trinajstić information content (AvgIpc) is 0.723. The van der Waals surface area contributed by atoms with Crippen LogP contribution in [0.5, 0.6) is 34.5 Å². The third-order valence-corrected chi connectivity index (χ3v) is 18.7. The summed E-state index contributed by atoms with van der Waals surface area (Å²) in [5.74, 6) is -134. The van der Waals surface area contributed by atoms with E-state index in [0.717, 1.165) is 31.7 Å². The Morgan fingerprint density at radius 2 is 0.375 bits per heavy atom. The molecule has 0 heterocycles. The molecule has 0 N–H and O–H groups in total. The zero-order valence-electron chi connectivity index (χ0n) is 62.6. The van der Waals surface area contributed by atoms with Crippen molar-refractivity contribution in [1.29, 1.82) is 0 Å². The maximum Gasteiger partial charge on any atom is 0.460 e. The molecule has 0 saturated heterocycles. The molecule has 0 amide bonds. The second-order valence-corrected chi connectivity index (χ2v) is 27.9. The average molecular weight is 1830 g/mol. The van der Waals surface area contributed by atoms with Crippen LogP contribution in [0.15, 0.2) is 36.4 Å². The molecule has 0 aliphatic heterocycles. The van der Waals surface area contributed by atoms with Crippen LogP contribution in [0.25, 0.3) is 32.3 Å². The molecule has 9 nitrogen and oxygen atoms in total. The topological polar surface area (TPSA) is 107 Å². The molecule has 0 aromatic heterocycles. The Hall–Kier alpha value is -7.26. The van der Waals surface area contributed by atoms with E-state index in [0.29, 0.717) is 101 Å². The molecule has 0 atom stereocenters. The van der Waals surface area contributed by atoms with Gasteiger partial charge in [0.2, 0.25) is 0 Å². The number of carbonyl (C=O) groups excluding carboxylic acids is 3. The molecule has 0 unspecified atom stereocenters. The molecule has 0 fully saturated rings. The Bertz CT molecular complexity index is 4060. The normalized spacial score (nSPS) is 14.3. The van der Waals surface area contributed by atoms with Gasteiger partial charge in [0.05, 0.1) is 39.1 Å². The molecular formula is C72H75F39O9. The quantitative estimate of drug-likeness (QED) is 0.0140. The van der Waals surface area contributed by atoms with E-state index in [2.05, 4.69) is 0 Å². The van der Waals surface area contributed by atoms with Gasteiger partial charge in [0, 0.05) is 19.3 Å². The van der Waals surface area contributed by atoms with Gasteiger partial charge in [-0.15, -0.1) is 0 Å². The number of halogens is 39. The monoisotopic (exact) mass is 1820 g/mol. The number of ether oxygens (including phenoxy) is 6. The van der Waals surface area contributed by atoms with E-state index in [1.165, 1.54) is 0 Å². The molecule has 48 heteroatoms. The molecule has 120 heavy (non-hydrogen) atoms. The van der Waals surface area contributed by atoms with Gasteiger partial charge in [-0.3, -0.25) is 14.4 Å². The summed E-state index contributed by atoms with van der Waals surface area (Å²) >= 11 is 0. The van der Waals surface area contributed by atoms with E-state index in [-0.39, 0.29) is 38.5 Å². The molecule has 0 aliphatic carbocycles. The van der Waals surface area contributed by atoms with Crippen molar-refractivity contribution < 1.29 is 214 Å². The van der Waals surface area contributed by atoms with Crippen LogP contribution in [0.2, 0.25) is 0 Å². The number of alkyl halides is 39. The largest absolute Gasteiger partial charge is 0.490 e. The number of unbranched alkanes of at least 4 members (excludes halogenated alkanes) is 18. The van der Waals surface area contributed by atoms with E-state index in [1.807, 2.05) is 20.8 Å². The fourth-order valence-corrected chi connectivity index (χ4v) is 11.5. The third-order valence-electron chi connectivity index (χ3n) is 18.7. The molecule has 0 aliphatic rings. The zero-order chi connectivity index (χ0) is 92.4. The molecule has 4 rings (SSSR count). The van der Waals surface area contributed by atoms with Crippen LogP contribution in [-0.4, -0.2) is 145 Å². The summed E-state index contributed by atoms with van der Waals surface area (Å²) in [5.41, 5.74) is 0. The first-order valence-corrected chi connectivity index (χ1v) is 36.4. The van der Waals surface area contributed by atoms with Crippen molar-refractivity contribution in [3.8, 4) is 34.5 Å². The van der Waals surface area contributed by atoms with Crippen LogP contribution >= 0.6 is 0 Å². The zero-order valence-corrected chi connectivity index (χ0v) is 62.6. The van der Waals surface area contributed by atoms with Gasteiger partial charge < -0.3 is 28.4 Å². The highest BCUT2D eigenvalue weighted by atomic mass is 19.5.